The van der Waals surface area contributed by atoms with Crippen LogP contribution < -0.4 is 10.8 Å². The third-order valence-electron chi connectivity index (χ3n) is 3.07. The second-order valence-corrected chi connectivity index (χ2v) is 6.98. The lowest BCUT2D eigenvalue weighted by molar-refractivity contribution is 0.0262. The van der Waals surface area contributed by atoms with Crippen molar-refractivity contribution in [2.75, 3.05) is 18.5 Å². The average molecular weight is 499 g/mol. The number of benzene rings is 2. The molecule has 0 fully saturated rings. The van der Waals surface area contributed by atoms with Crippen LogP contribution in [-0.2, 0) is 4.84 Å². The maximum absolute atomic E-state index is 13.8. The summed E-state index contributed by atoms with van der Waals surface area (Å²) in [5.41, 5.74) is 3.01. The zero-order valence-electron chi connectivity index (χ0n) is 12.8. The van der Waals surface area contributed by atoms with Gasteiger partial charge in [-0.15, -0.1) is 0 Å². The van der Waals surface area contributed by atoms with E-state index >= 15 is 0 Å². The van der Waals surface area contributed by atoms with Crippen molar-refractivity contribution in [2.45, 2.75) is 6.42 Å². The Morgan fingerprint density at radius 3 is 2.64 bits per heavy atom. The molecule has 0 heterocycles. The molecule has 134 valence electrons. The van der Waals surface area contributed by atoms with E-state index in [-0.39, 0.29) is 29.5 Å². The lowest BCUT2D eigenvalue weighted by atomic mass is 10.1. The predicted molar refractivity (Wildman–Crippen MR) is 104 cm³/mol. The number of hydrogen-bond donors (Lipinski definition) is 3. The van der Waals surface area contributed by atoms with Gasteiger partial charge in [0.15, 0.2) is 0 Å². The van der Waals surface area contributed by atoms with Crippen LogP contribution in [0.3, 0.4) is 0 Å². The number of aliphatic hydroxyl groups is 1. The van der Waals surface area contributed by atoms with Crippen LogP contribution in [-0.4, -0.2) is 24.2 Å². The maximum atomic E-state index is 13.8. The second kappa shape index (κ2) is 9.54. The van der Waals surface area contributed by atoms with Gasteiger partial charge in [-0.05, 0) is 59.3 Å². The lowest BCUT2D eigenvalue weighted by Gasteiger charge is -2.14. The molecule has 0 saturated carbocycles. The predicted octanol–water partition coefficient (Wildman–Crippen LogP) is 4.52. The molecular weight excluding hydrogens is 485 g/mol. The van der Waals surface area contributed by atoms with Crippen molar-refractivity contribution in [3.05, 3.63) is 55.3 Å². The molecule has 1 amide bonds. The Balaban J connectivity index is 2.26. The van der Waals surface area contributed by atoms with Gasteiger partial charge < -0.3 is 10.4 Å². The van der Waals surface area contributed by atoms with Gasteiger partial charge in [-0.2, -0.15) is 0 Å². The molecule has 2 aromatic rings. The summed E-state index contributed by atoms with van der Waals surface area (Å²) in [5, 5.41) is 11.9. The molecule has 0 unspecified atom stereocenters. The molecule has 0 aliphatic carbocycles. The highest BCUT2D eigenvalue weighted by Gasteiger charge is 2.16. The fourth-order valence-corrected chi connectivity index (χ4v) is 2.95. The molecule has 5 nitrogen and oxygen atoms in total. The van der Waals surface area contributed by atoms with E-state index in [0.717, 1.165) is 9.64 Å². The number of rotatable bonds is 7. The van der Waals surface area contributed by atoms with E-state index in [9.17, 15) is 9.18 Å². The number of halogens is 4. The van der Waals surface area contributed by atoms with Gasteiger partial charge in [0.1, 0.15) is 5.82 Å². The minimum Gasteiger partial charge on any atom is -0.396 e. The number of hydroxylamine groups is 1. The summed E-state index contributed by atoms with van der Waals surface area (Å²) in [6.45, 7) is 0.0826. The normalized spacial score (nSPS) is 10.6. The first-order valence-electron chi connectivity index (χ1n) is 7.16. The van der Waals surface area contributed by atoms with Gasteiger partial charge in [-0.3, -0.25) is 9.63 Å². The van der Waals surface area contributed by atoms with Gasteiger partial charge in [-0.1, -0.05) is 23.2 Å². The zero-order chi connectivity index (χ0) is 18.4. The van der Waals surface area contributed by atoms with Gasteiger partial charge in [0.05, 0.1) is 33.6 Å². The Morgan fingerprint density at radius 2 is 1.96 bits per heavy atom. The standard InChI is InChI=1S/C16H14Cl2FIN2O3/c17-11-7-10(16(24)22-25-5-1-4-23)15(8-13(11)19)21-14-3-2-9(20)6-12(14)18/h2-3,6-8,21,23H,1,4-5H2,(H,22,24). The number of nitrogens with one attached hydrogen (secondary N) is 2. The van der Waals surface area contributed by atoms with E-state index in [1.807, 2.05) is 6.07 Å². The molecule has 0 aliphatic rings. The largest absolute Gasteiger partial charge is 0.396 e. The van der Waals surface area contributed by atoms with Crippen molar-refractivity contribution in [1.82, 2.24) is 5.48 Å². The Kier molecular flexibility index (Phi) is 7.70. The Morgan fingerprint density at radius 1 is 1.20 bits per heavy atom. The van der Waals surface area contributed by atoms with Crippen molar-refractivity contribution in [1.29, 1.82) is 0 Å². The van der Waals surface area contributed by atoms with Crippen LogP contribution in [0, 0.1) is 9.39 Å². The van der Waals surface area contributed by atoms with Crippen LogP contribution in [0.2, 0.25) is 10.0 Å². The first kappa shape index (κ1) is 20.2. The lowest BCUT2D eigenvalue weighted by Crippen LogP contribution is -2.25. The summed E-state index contributed by atoms with van der Waals surface area (Å²) in [5.74, 6) is -1.28. The second-order valence-electron chi connectivity index (χ2n) is 4.92. The first-order chi connectivity index (χ1) is 11.9. The average Bonchev–Trinajstić information content (AvgIpc) is 2.57. The molecule has 0 saturated heterocycles. The molecule has 0 aliphatic heterocycles. The molecule has 0 bridgehead atoms. The van der Waals surface area contributed by atoms with Crippen molar-refractivity contribution in [3.8, 4) is 0 Å². The van der Waals surface area contributed by atoms with Gasteiger partial charge in [0.25, 0.3) is 5.91 Å². The van der Waals surface area contributed by atoms with E-state index in [2.05, 4.69) is 33.4 Å². The molecule has 2 rings (SSSR count). The fraction of sp³-hybridized carbons (Fsp3) is 0.188. The summed E-state index contributed by atoms with van der Waals surface area (Å²) in [6.07, 6.45) is 0.369. The first-order valence-corrected chi connectivity index (χ1v) is 9.00. The summed E-state index contributed by atoms with van der Waals surface area (Å²) < 4.78 is 14.8. The third kappa shape index (κ3) is 5.68. The summed E-state index contributed by atoms with van der Waals surface area (Å²) in [4.78, 5) is 17.2. The van der Waals surface area contributed by atoms with Crippen LogP contribution >= 0.6 is 45.8 Å². The highest BCUT2D eigenvalue weighted by molar-refractivity contribution is 14.1. The van der Waals surface area contributed by atoms with Crippen molar-refractivity contribution >= 4 is 63.1 Å². The minimum absolute atomic E-state index is 0.0592. The topological polar surface area (TPSA) is 70.6 Å². The SMILES string of the molecule is O=C(NOCCCO)c1cc(Cl)c(F)cc1Nc1ccc(I)cc1Cl. The Labute approximate surface area is 167 Å². The van der Waals surface area contributed by atoms with Crippen LogP contribution in [0.5, 0.6) is 0 Å². The van der Waals surface area contributed by atoms with Crippen molar-refractivity contribution in [3.63, 3.8) is 0 Å². The highest BCUT2D eigenvalue weighted by atomic mass is 127. The van der Waals surface area contributed by atoms with E-state index in [4.69, 9.17) is 33.1 Å². The van der Waals surface area contributed by atoms with Gasteiger partial charge in [-0.25, -0.2) is 9.87 Å². The van der Waals surface area contributed by atoms with E-state index in [1.165, 1.54) is 6.07 Å². The Hall–Kier alpha value is -1.13. The minimum atomic E-state index is -0.677. The summed E-state index contributed by atoms with van der Waals surface area (Å²) in [6, 6.07) is 7.58. The monoisotopic (exact) mass is 498 g/mol. The van der Waals surface area contributed by atoms with Crippen molar-refractivity contribution < 1.29 is 19.1 Å². The highest BCUT2D eigenvalue weighted by Crippen LogP contribution is 2.31. The number of carbonyl (C=O) groups is 1. The van der Waals surface area contributed by atoms with Crippen LogP contribution in [0.15, 0.2) is 30.3 Å². The molecule has 0 atom stereocenters. The van der Waals surface area contributed by atoms with E-state index in [0.29, 0.717) is 17.1 Å². The van der Waals surface area contributed by atoms with Gasteiger partial charge >= 0.3 is 0 Å². The number of amides is 1. The molecular formula is C16H14Cl2FIN2O3. The summed E-state index contributed by atoms with van der Waals surface area (Å²) >= 11 is 14.1. The third-order valence-corrected chi connectivity index (χ3v) is 4.35. The molecule has 25 heavy (non-hydrogen) atoms. The molecule has 2 aromatic carbocycles. The quantitative estimate of drug-likeness (QED) is 0.298. The molecule has 0 radical (unpaired) electrons. The number of aliphatic hydroxyl groups excluding tert-OH is 1. The van der Waals surface area contributed by atoms with E-state index in [1.54, 1.807) is 12.1 Å². The fourth-order valence-electron chi connectivity index (χ4n) is 1.88. The van der Waals surface area contributed by atoms with E-state index < -0.39 is 11.7 Å². The molecule has 0 spiro atoms. The number of anilines is 2. The number of carbonyl (C=O) groups excluding carboxylic acids is 1. The van der Waals surface area contributed by atoms with Crippen LogP contribution in [0.25, 0.3) is 0 Å². The molecule has 0 aromatic heterocycles. The van der Waals surface area contributed by atoms with Gasteiger partial charge in [0, 0.05) is 10.2 Å². The Bertz CT molecular complexity index is 777. The van der Waals surface area contributed by atoms with Crippen LogP contribution in [0.4, 0.5) is 15.8 Å². The number of hydrogen-bond acceptors (Lipinski definition) is 4. The molecule has 9 heteroatoms. The summed E-state index contributed by atoms with van der Waals surface area (Å²) in [7, 11) is 0. The van der Waals surface area contributed by atoms with Gasteiger partial charge in [0.2, 0.25) is 0 Å². The van der Waals surface area contributed by atoms with Crippen LogP contribution in [0.1, 0.15) is 16.8 Å². The van der Waals surface area contributed by atoms with Crippen molar-refractivity contribution in [2.24, 2.45) is 0 Å². The molecule has 3 N–H and O–H groups in total. The maximum Gasteiger partial charge on any atom is 0.277 e. The smallest absolute Gasteiger partial charge is 0.277 e. The zero-order valence-corrected chi connectivity index (χ0v) is 16.5.